The van der Waals surface area contributed by atoms with Crippen molar-refractivity contribution in [2.75, 3.05) is 20.3 Å². The van der Waals surface area contributed by atoms with Gasteiger partial charge >= 0.3 is 5.97 Å². The second-order valence-corrected chi connectivity index (χ2v) is 7.53. The molecule has 2 rings (SSSR count). The number of ether oxygens (including phenoxy) is 3. The average molecular weight is 409 g/mol. The third-order valence-electron chi connectivity index (χ3n) is 3.63. The van der Waals surface area contributed by atoms with Gasteiger partial charge in [-0.2, -0.15) is 0 Å². The summed E-state index contributed by atoms with van der Waals surface area (Å²) in [6, 6.07) is 5.16. The summed E-state index contributed by atoms with van der Waals surface area (Å²) in [5.41, 5.74) is 1.24. The van der Waals surface area contributed by atoms with E-state index >= 15 is 0 Å². The smallest absolute Gasteiger partial charge is 0.331 e. The summed E-state index contributed by atoms with van der Waals surface area (Å²) in [6.07, 6.45) is 2.79. The van der Waals surface area contributed by atoms with Gasteiger partial charge in [0.2, 0.25) is 5.78 Å². The molecule has 1 heterocycles. The van der Waals surface area contributed by atoms with E-state index in [4.69, 9.17) is 25.8 Å². The Morgan fingerprint density at radius 2 is 1.96 bits per heavy atom. The Kier molecular flexibility index (Phi) is 7.45. The molecule has 1 aromatic heterocycles. The predicted octanol–water partition coefficient (Wildman–Crippen LogP) is 4.86. The molecule has 0 N–H and O–H groups in total. The second kappa shape index (κ2) is 9.58. The van der Waals surface area contributed by atoms with Crippen molar-refractivity contribution in [3.8, 4) is 11.5 Å². The molecular weight excluding hydrogens is 388 g/mol. The molecule has 0 spiro atoms. The molecule has 0 aliphatic rings. The van der Waals surface area contributed by atoms with Crippen LogP contribution in [-0.4, -0.2) is 32.1 Å². The van der Waals surface area contributed by atoms with E-state index < -0.39 is 5.97 Å². The first-order valence-corrected chi connectivity index (χ1v) is 9.50. The molecule has 5 nitrogen and oxygen atoms in total. The van der Waals surface area contributed by atoms with E-state index in [1.165, 1.54) is 24.5 Å². The largest absolute Gasteiger partial charge is 0.491 e. The molecule has 0 aliphatic heterocycles. The second-order valence-electron chi connectivity index (χ2n) is 5.66. The molecule has 27 heavy (non-hydrogen) atoms. The fourth-order valence-electron chi connectivity index (χ4n) is 2.48. The zero-order chi connectivity index (χ0) is 20.0. The maximum atomic E-state index is 12.1. The van der Waals surface area contributed by atoms with Crippen LogP contribution in [-0.2, 0) is 9.53 Å². The van der Waals surface area contributed by atoms with Crippen LogP contribution in [0.3, 0.4) is 0 Å². The van der Waals surface area contributed by atoms with Gasteiger partial charge in [0.1, 0.15) is 0 Å². The summed E-state index contributed by atoms with van der Waals surface area (Å²) in [5.74, 6) is 0.0897. The van der Waals surface area contributed by atoms with E-state index in [-0.39, 0.29) is 12.4 Å². The maximum absolute atomic E-state index is 12.1. The number of ketones is 1. The molecule has 2 aromatic rings. The lowest BCUT2D eigenvalue weighted by Crippen LogP contribution is -2.12. The maximum Gasteiger partial charge on any atom is 0.331 e. The van der Waals surface area contributed by atoms with Gasteiger partial charge in [0.15, 0.2) is 18.1 Å². The summed E-state index contributed by atoms with van der Waals surface area (Å²) in [4.78, 5) is 26.0. The molecule has 0 amide bonds. The van der Waals surface area contributed by atoms with E-state index in [0.29, 0.717) is 34.3 Å². The highest BCUT2D eigenvalue weighted by Gasteiger charge is 2.14. The molecule has 0 aliphatic carbocycles. The number of rotatable bonds is 8. The van der Waals surface area contributed by atoms with Gasteiger partial charge in [0, 0.05) is 21.4 Å². The Morgan fingerprint density at radius 1 is 1.22 bits per heavy atom. The minimum atomic E-state index is -0.613. The van der Waals surface area contributed by atoms with Crippen LogP contribution in [0.4, 0.5) is 0 Å². The van der Waals surface area contributed by atoms with Gasteiger partial charge in [0.05, 0.1) is 18.7 Å². The van der Waals surface area contributed by atoms with Crippen LogP contribution in [0.5, 0.6) is 11.5 Å². The third kappa shape index (κ3) is 5.58. The predicted molar refractivity (Wildman–Crippen MR) is 107 cm³/mol. The number of thiophene rings is 1. The quantitative estimate of drug-likeness (QED) is 0.354. The molecular formula is C20H21ClO5S. The molecule has 0 bridgehead atoms. The first-order valence-electron chi connectivity index (χ1n) is 8.31. The number of halogens is 1. The topological polar surface area (TPSA) is 61.8 Å². The Balaban J connectivity index is 2.02. The van der Waals surface area contributed by atoms with Crippen molar-refractivity contribution in [1.29, 1.82) is 0 Å². The number of aryl methyl sites for hydroxylation is 2. The summed E-state index contributed by atoms with van der Waals surface area (Å²) < 4.78 is 15.7. The first-order chi connectivity index (χ1) is 12.8. The minimum Gasteiger partial charge on any atom is -0.491 e. The Bertz CT molecular complexity index is 869. The van der Waals surface area contributed by atoms with Gasteiger partial charge in [-0.15, -0.1) is 11.3 Å². The van der Waals surface area contributed by atoms with Gasteiger partial charge in [-0.1, -0.05) is 11.6 Å². The van der Waals surface area contributed by atoms with Gasteiger partial charge in [-0.25, -0.2) is 4.79 Å². The van der Waals surface area contributed by atoms with Crippen molar-refractivity contribution in [1.82, 2.24) is 0 Å². The number of carbonyl (C=O) groups is 2. The van der Waals surface area contributed by atoms with Crippen LogP contribution < -0.4 is 9.47 Å². The van der Waals surface area contributed by atoms with Crippen LogP contribution in [0, 0.1) is 13.8 Å². The lowest BCUT2D eigenvalue weighted by molar-refractivity contribution is -0.136. The number of benzene rings is 1. The van der Waals surface area contributed by atoms with Crippen molar-refractivity contribution >= 4 is 40.8 Å². The summed E-state index contributed by atoms with van der Waals surface area (Å²) in [5, 5.41) is 0.370. The molecule has 7 heteroatoms. The number of methoxy groups -OCH3 is 1. The molecule has 0 saturated carbocycles. The van der Waals surface area contributed by atoms with Gasteiger partial charge in [-0.05, 0) is 50.6 Å². The molecule has 0 atom stereocenters. The molecule has 0 radical (unpaired) electrons. The fourth-order valence-corrected chi connectivity index (χ4v) is 3.72. The van der Waals surface area contributed by atoms with E-state index in [1.807, 2.05) is 20.8 Å². The molecule has 0 fully saturated rings. The van der Waals surface area contributed by atoms with Crippen molar-refractivity contribution in [2.45, 2.75) is 20.8 Å². The zero-order valence-corrected chi connectivity index (χ0v) is 17.2. The van der Waals surface area contributed by atoms with Gasteiger partial charge < -0.3 is 14.2 Å². The van der Waals surface area contributed by atoms with Crippen LogP contribution in [0.25, 0.3) is 6.08 Å². The van der Waals surface area contributed by atoms with Crippen molar-refractivity contribution in [3.05, 3.63) is 50.2 Å². The van der Waals surface area contributed by atoms with Crippen LogP contribution >= 0.6 is 22.9 Å². The van der Waals surface area contributed by atoms with Crippen molar-refractivity contribution < 1.29 is 23.8 Å². The lowest BCUT2D eigenvalue weighted by atomic mass is 10.1. The standard InChI is InChI=1S/C20H21ClO5S/c1-5-25-18-10-14(9-16(21)20(18)24-4)6-7-19(23)26-11-17(22)15-8-12(2)27-13(15)3/h6-10H,5,11H2,1-4H3/b7-6+. The van der Waals surface area contributed by atoms with Crippen molar-refractivity contribution in [3.63, 3.8) is 0 Å². The number of esters is 1. The molecule has 1 aromatic carbocycles. The lowest BCUT2D eigenvalue weighted by Gasteiger charge is -2.11. The SMILES string of the molecule is CCOc1cc(/C=C/C(=O)OCC(=O)c2cc(C)sc2C)cc(Cl)c1OC. The number of hydrogen-bond acceptors (Lipinski definition) is 6. The summed E-state index contributed by atoms with van der Waals surface area (Å²) in [7, 11) is 1.50. The highest BCUT2D eigenvalue weighted by Crippen LogP contribution is 2.36. The summed E-state index contributed by atoms with van der Waals surface area (Å²) >= 11 is 7.71. The molecule has 0 unspecified atom stereocenters. The van der Waals surface area contributed by atoms with Gasteiger partial charge in [-0.3, -0.25) is 4.79 Å². The van der Waals surface area contributed by atoms with Crippen LogP contribution in [0.15, 0.2) is 24.3 Å². The molecule has 144 valence electrons. The summed E-state index contributed by atoms with van der Waals surface area (Å²) in [6.45, 7) is 5.80. The van der Waals surface area contributed by atoms with E-state index in [0.717, 1.165) is 9.75 Å². The third-order valence-corrected chi connectivity index (χ3v) is 4.88. The number of hydrogen-bond donors (Lipinski definition) is 0. The minimum absolute atomic E-state index is 0.218. The highest BCUT2D eigenvalue weighted by molar-refractivity contribution is 7.12. The normalized spacial score (nSPS) is 10.9. The van der Waals surface area contributed by atoms with E-state index in [2.05, 4.69) is 0 Å². The Hall–Kier alpha value is -2.31. The Morgan fingerprint density at radius 3 is 2.56 bits per heavy atom. The van der Waals surface area contributed by atoms with E-state index in [1.54, 1.807) is 24.3 Å². The fraction of sp³-hybridized carbons (Fsp3) is 0.300. The van der Waals surface area contributed by atoms with Crippen molar-refractivity contribution in [2.24, 2.45) is 0 Å². The number of Topliss-reactive ketones (excluding diaryl/α,β-unsaturated/α-hetero) is 1. The van der Waals surface area contributed by atoms with E-state index in [9.17, 15) is 9.59 Å². The number of carbonyl (C=O) groups excluding carboxylic acids is 2. The first kappa shape index (κ1) is 21.0. The van der Waals surface area contributed by atoms with Gasteiger partial charge in [0.25, 0.3) is 0 Å². The average Bonchev–Trinajstić information content (AvgIpc) is 2.96. The van der Waals surface area contributed by atoms with Crippen LogP contribution in [0.1, 0.15) is 32.6 Å². The van der Waals surface area contributed by atoms with Crippen LogP contribution in [0.2, 0.25) is 5.02 Å². The zero-order valence-electron chi connectivity index (χ0n) is 15.6. The highest BCUT2D eigenvalue weighted by atomic mass is 35.5. The monoisotopic (exact) mass is 408 g/mol. The molecule has 0 saturated heterocycles. The Labute approximate surface area is 167 Å².